The van der Waals surface area contributed by atoms with Crippen molar-refractivity contribution in [2.75, 3.05) is 13.1 Å². The lowest BCUT2D eigenvalue weighted by atomic mass is 10.3. The molecule has 0 aliphatic heterocycles. The second kappa shape index (κ2) is 15.8. The first-order valence-corrected chi connectivity index (χ1v) is 6.95. The molecule has 0 rings (SSSR count). The van der Waals surface area contributed by atoms with E-state index in [-0.39, 0.29) is 12.5 Å². The Morgan fingerprint density at radius 3 is 1.59 bits per heavy atom. The van der Waals surface area contributed by atoms with E-state index in [1.54, 1.807) is 0 Å². The topological polar surface area (TPSA) is 64.5 Å². The van der Waals surface area contributed by atoms with E-state index in [1.165, 1.54) is 6.42 Å². The molecule has 4 nitrogen and oxygen atoms in total. The first-order chi connectivity index (χ1) is 8.12. The molecular weight excluding hydrogens is 216 g/mol. The molecule has 0 spiro atoms. The van der Waals surface area contributed by atoms with Crippen molar-refractivity contribution in [2.24, 2.45) is 0 Å². The number of nitrogens with one attached hydrogen (secondary N) is 2. The Hall–Kier alpha value is -0.160. The number of unbranched alkanes of at least 4 members (excludes halogenated alkanes) is 1. The summed E-state index contributed by atoms with van der Waals surface area (Å²) in [5.74, 6) is 0. The minimum atomic E-state index is -0.296. The Morgan fingerprint density at radius 2 is 1.24 bits per heavy atom. The fraction of sp³-hybridized carbons (Fsp3) is 1.00. The van der Waals surface area contributed by atoms with Gasteiger partial charge in [0.1, 0.15) is 12.5 Å². The molecule has 17 heavy (non-hydrogen) atoms. The number of rotatable bonds is 9. The van der Waals surface area contributed by atoms with Crippen LogP contribution in [0.2, 0.25) is 0 Å². The SMILES string of the molecule is CCCCNC(O)CC.CCCNC(O)CC. The third-order valence-corrected chi connectivity index (χ3v) is 2.31. The highest BCUT2D eigenvalue weighted by Gasteiger charge is 1.95. The molecule has 0 heterocycles. The normalized spacial score (nSPS) is 13.8. The molecule has 4 heteroatoms. The molecule has 0 amide bonds. The minimum Gasteiger partial charge on any atom is -0.379 e. The third-order valence-electron chi connectivity index (χ3n) is 2.31. The number of aliphatic hydroxyl groups excluding tert-OH is 2. The standard InChI is InChI=1S/C7H17NO.C6H15NO/c1-3-5-6-8-7(9)4-2;1-3-5-7-6(8)4-2/h7-9H,3-6H2,1-2H3;6-8H,3-5H2,1-2H3. The van der Waals surface area contributed by atoms with Crippen molar-refractivity contribution in [3.05, 3.63) is 0 Å². The summed E-state index contributed by atoms with van der Waals surface area (Å²) in [6.07, 6.45) is 4.41. The number of hydrogen-bond donors (Lipinski definition) is 4. The van der Waals surface area contributed by atoms with Crippen LogP contribution in [0.1, 0.15) is 59.8 Å². The maximum absolute atomic E-state index is 8.97. The summed E-state index contributed by atoms with van der Waals surface area (Å²) in [6.45, 7) is 9.98. The van der Waals surface area contributed by atoms with Crippen LogP contribution in [0.3, 0.4) is 0 Å². The van der Waals surface area contributed by atoms with Crippen LogP contribution in [0.5, 0.6) is 0 Å². The monoisotopic (exact) mass is 248 g/mol. The van der Waals surface area contributed by atoms with E-state index in [9.17, 15) is 0 Å². The first-order valence-electron chi connectivity index (χ1n) is 6.95. The lowest BCUT2D eigenvalue weighted by Crippen LogP contribution is -2.28. The van der Waals surface area contributed by atoms with Gasteiger partial charge in [0, 0.05) is 0 Å². The molecule has 0 fully saturated rings. The van der Waals surface area contributed by atoms with Crippen LogP contribution < -0.4 is 10.6 Å². The summed E-state index contributed by atoms with van der Waals surface area (Å²) in [5, 5.41) is 23.8. The Balaban J connectivity index is 0. The van der Waals surface area contributed by atoms with Gasteiger partial charge in [-0.3, -0.25) is 10.6 Å². The van der Waals surface area contributed by atoms with Gasteiger partial charge in [0.15, 0.2) is 0 Å². The summed E-state index contributed by atoms with van der Waals surface area (Å²) in [4.78, 5) is 0. The van der Waals surface area contributed by atoms with E-state index < -0.39 is 0 Å². The van der Waals surface area contributed by atoms with Gasteiger partial charge in [0.25, 0.3) is 0 Å². The molecule has 0 bridgehead atoms. The van der Waals surface area contributed by atoms with Gasteiger partial charge >= 0.3 is 0 Å². The molecule has 0 aliphatic carbocycles. The third kappa shape index (κ3) is 18.4. The molecular formula is C13H32N2O2. The Kier molecular flexibility index (Phi) is 17.9. The van der Waals surface area contributed by atoms with Gasteiger partial charge in [0.05, 0.1) is 0 Å². The maximum atomic E-state index is 8.97. The summed E-state index contributed by atoms with van der Waals surface area (Å²) in [7, 11) is 0. The highest BCUT2D eigenvalue weighted by Crippen LogP contribution is 1.87. The van der Waals surface area contributed by atoms with Crippen molar-refractivity contribution in [3.63, 3.8) is 0 Å². The van der Waals surface area contributed by atoms with Gasteiger partial charge in [-0.25, -0.2) is 0 Å². The highest BCUT2D eigenvalue weighted by atomic mass is 16.3. The average molecular weight is 248 g/mol. The van der Waals surface area contributed by atoms with Gasteiger partial charge in [-0.05, 0) is 38.8 Å². The van der Waals surface area contributed by atoms with E-state index >= 15 is 0 Å². The summed E-state index contributed by atoms with van der Waals surface area (Å²) in [5.41, 5.74) is 0. The van der Waals surface area contributed by atoms with E-state index in [0.29, 0.717) is 0 Å². The number of hydrogen-bond acceptors (Lipinski definition) is 4. The van der Waals surface area contributed by atoms with E-state index in [1.807, 2.05) is 13.8 Å². The first kappa shape index (κ1) is 19.2. The van der Waals surface area contributed by atoms with Crippen LogP contribution >= 0.6 is 0 Å². The second-order valence-electron chi connectivity index (χ2n) is 4.11. The summed E-state index contributed by atoms with van der Waals surface area (Å²) in [6, 6.07) is 0. The molecule has 0 aliphatic rings. The quantitative estimate of drug-likeness (QED) is 0.371. The zero-order valence-corrected chi connectivity index (χ0v) is 12.0. The van der Waals surface area contributed by atoms with Crippen molar-refractivity contribution in [3.8, 4) is 0 Å². The van der Waals surface area contributed by atoms with Crippen molar-refractivity contribution in [1.29, 1.82) is 0 Å². The Morgan fingerprint density at radius 1 is 0.765 bits per heavy atom. The zero-order chi connectivity index (χ0) is 13.5. The van der Waals surface area contributed by atoms with Crippen LogP contribution in [0.25, 0.3) is 0 Å². The molecule has 2 unspecified atom stereocenters. The van der Waals surface area contributed by atoms with Crippen molar-refractivity contribution in [1.82, 2.24) is 10.6 Å². The molecule has 0 aromatic heterocycles. The molecule has 0 radical (unpaired) electrons. The fourth-order valence-corrected chi connectivity index (χ4v) is 1.05. The highest BCUT2D eigenvalue weighted by molar-refractivity contribution is 4.49. The molecule has 2 atom stereocenters. The van der Waals surface area contributed by atoms with Gasteiger partial charge in [-0.1, -0.05) is 34.1 Å². The van der Waals surface area contributed by atoms with Crippen LogP contribution in [0, 0.1) is 0 Å². The molecule has 0 aromatic rings. The van der Waals surface area contributed by atoms with Gasteiger partial charge in [-0.2, -0.15) is 0 Å². The van der Waals surface area contributed by atoms with Gasteiger partial charge in [-0.15, -0.1) is 0 Å². The smallest absolute Gasteiger partial charge is 0.104 e. The Labute approximate surface area is 107 Å². The molecule has 0 aromatic carbocycles. The Bertz CT molecular complexity index is 135. The average Bonchev–Trinajstić information content (AvgIpc) is 2.36. The van der Waals surface area contributed by atoms with E-state index in [4.69, 9.17) is 10.2 Å². The van der Waals surface area contributed by atoms with Crippen molar-refractivity contribution < 1.29 is 10.2 Å². The predicted molar refractivity (Wildman–Crippen MR) is 73.8 cm³/mol. The van der Waals surface area contributed by atoms with Crippen LogP contribution in [0.4, 0.5) is 0 Å². The summed E-state index contributed by atoms with van der Waals surface area (Å²) < 4.78 is 0. The largest absolute Gasteiger partial charge is 0.379 e. The van der Waals surface area contributed by atoms with Crippen LogP contribution in [-0.2, 0) is 0 Å². The van der Waals surface area contributed by atoms with Gasteiger partial charge < -0.3 is 10.2 Å². The molecule has 4 N–H and O–H groups in total. The fourth-order valence-electron chi connectivity index (χ4n) is 1.05. The molecule has 106 valence electrons. The van der Waals surface area contributed by atoms with E-state index in [2.05, 4.69) is 24.5 Å². The zero-order valence-electron chi connectivity index (χ0n) is 12.0. The van der Waals surface area contributed by atoms with Crippen molar-refractivity contribution >= 4 is 0 Å². The molecule has 0 saturated carbocycles. The second-order valence-corrected chi connectivity index (χ2v) is 4.11. The summed E-state index contributed by atoms with van der Waals surface area (Å²) >= 11 is 0. The number of aliphatic hydroxyl groups is 2. The lowest BCUT2D eigenvalue weighted by molar-refractivity contribution is 0.133. The van der Waals surface area contributed by atoms with E-state index in [0.717, 1.165) is 38.8 Å². The molecule has 0 saturated heterocycles. The van der Waals surface area contributed by atoms with Crippen LogP contribution in [0.15, 0.2) is 0 Å². The van der Waals surface area contributed by atoms with Crippen molar-refractivity contribution in [2.45, 2.75) is 72.3 Å². The maximum Gasteiger partial charge on any atom is 0.104 e. The minimum absolute atomic E-state index is 0.295. The van der Waals surface area contributed by atoms with Crippen LogP contribution in [-0.4, -0.2) is 35.8 Å². The van der Waals surface area contributed by atoms with Gasteiger partial charge in [0.2, 0.25) is 0 Å². The lowest BCUT2D eigenvalue weighted by Gasteiger charge is -2.08. The predicted octanol–water partition coefficient (Wildman–Crippen LogP) is 1.82.